The Bertz CT molecular complexity index is 2660. The fourth-order valence-corrected chi connectivity index (χ4v) is 7.28. The largest absolute Gasteiger partial charge is 0.479 e. The van der Waals surface area contributed by atoms with Gasteiger partial charge in [-0.05, 0) is 66.4 Å². The Morgan fingerprint density at radius 2 is 1.74 bits per heavy atom. The number of hydrogen-bond donors (Lipinski definition) is 3. The summed E-state index contributed by atoms with van der Waals surface area (Å²) in [4.78, 5) is 60.4. The van der Waals surface area contributed by atoms with E-state index in [0.29, 0.717) is 38.9 Å². The molecular weight excluding hydrogens is 824 g/mol. The van der Waals surface area contributed by atoms with Crippen LogP contribution in [0.4, 0.5) is 19.7 Å². The molecule has 1 fully saturated rings. The van der Waals surface area contributed by atoms with Crippen molar-refractivity contribution in [3.8, 4) is 28.1 Å². The van der Waals surface area contributed by atoms with Crippen LogP contribution >= 0.6 is 0 Å². The van der Waals surface area contributed by atoms with E-state index >= 15 is 0 Å². The van der Waals surface area contributed by atoms with Gasteiger partial charge >= 0.3 is 23.8 Å². The Morgan fingerprint density at radius 1 is 1.02 bits per heavy atom. The van der Waals surface area contributed by atoms with Crippen LogP contribution in [-0.4, -0.2) is 129 Å². The highest BCUT2D eigenvalue weighted by Crippen LogP contribution is 2.35. The number of aliphatic hydroxyl groups is 2. The lowest BCUT2D eigenvalue weighted by Gasteiger charge is -2.34. The van der Waals surface area contributed by atoms with Crippen molar-refractivity contribution in [2.75, 3.05) is 33.4 Å². The molecule has 0 radical (unpaired) electrons. The van der Waals surface area contributed by atoms with Crippen molar-refractivity contribution in [3.05, 3.63) is 99.7 Å². The number of fused-ring (bicyclic) bond motifs is 1. The molecule has 61 heavy (non-hydrogen) atoms. The standard InChI is InChI=1S/C40H41FN6O13S/c1-21-12-34(61(5,56)57)43-18-26(21)24-7-8-29-25(14-24)15-30(27-17-42-19-28(41)22(27)2)46(29)39(52)44(3)10-11-45(4)40(53)58-20-23-6-9-33(31(13-23)47(54)55)59-35-16-32(48)36(49)37(60-35)38(50)51/h6-9,12-15,17-19,32,35-37,48-49H,10-11,16,20H2,1-5H3,(H,50,51)/t32-,35-,36+,37+/m1/s1. The molecule has 0 aliphatic carbocycles. The van der Waals surface area contributed by atoms with Crippen LogP contribution in [0.2, 0.25) is 0 Å². The number of pyridine rings is 2. The molecule has 322 valence electrons. The zero-order valence-electron chi connectivity index (χ0n) is 33.4. The van der Waals surface area contributed by atoms with E-state index in [0.717, 1.165) is 18.5 Å². The first kappa shape index (κ1) is 44.0. The molecule has 4 atom stereocenters. The number of carboxylic acid groups (broad SMARTS) is 1. The van der Waals surface area contributed by atoms with Gasteiger partial charge in [0.05, 0.1) is 28.4 Å². The van der Waals surface area contributed by atoms with Crippen LogP contribution in [0.15, 0.2) is 72.1 Å². The minimum atomic E-state index is -3.53. The van der Waals surface area contributed by atoms with Crippen molar-refractivity contribution >= 4 is 44.5 Å². The predicted molar refractivity (Wildman–Crippen MR) is 214 cm³/mol. The average molecular weight is 865 g/mol. The Labute approximate surface area is 347 Å². The van der Waals surface area contributed by atoms with Gasteiger partial charge in [0.1, 0.15) is 18.5 Å². The smallest absolute Gasteiger partial charge is 0.409 e. The van der Waals surface area contributed by atoms with Crippen molar-refractivity contribution < 1.29 is 61.6 Å². The number of carbonyl (C=O) groups is 3. The lowest BCUT2D eigenvalue weighted by Crippen LogP contribution is -2.53. The number of aliphatic hydroxyl groups excluding tert-OH is 2. The Kier molecular flexibility index (Phi) is 12.7. The molecule has 1 aliphatic heterocycles. The highest BCUT2D eigenvalue weighted by Gasteiger charge is 2.42. The van der Waals surface area contributed by atoms with Crippen LogP contribution < -0.4 is 4.74 Å². The number of aromatic nitrogens is 3. The summed E-state index contributed by atoms with van der Waals surface area (Å²) in [6, 6.07) is 11.6. The number of aryl methyl sites for hydroxylation is 1. The molecule has 3 aromatic heterocycles. The summed E-state index contributed by atoms with van der Waals surface area (Å²) in [7, 11) is -0.584. The third-order valence-corrected chi connectivity index (χ3v) is 11.1. The van der Waals surface area contributed by atoms with Crippen molar-refractivity contribution in [3.63, 3.8) is 0 Å². The van der Waals surface area contributed by atoms with Gasteiger partial charge in [-0.15, -0.1) is 0 Å². The monoisotopic (exact) mass is 864 g/mol. The number of hydrogen-bond acceptors (Lipinski definition) is 14. The first-order chi connectivity index (χ1) is 28.7. The van der Waals surface area contributed by atoms with E-state index in [1.165, 1.54) is 59.1 Å². The first-order valence-electron chi connectivity index (χ1n) is 18.5. The molecule has 0 saturated carbocycles. The molecule has 0 spiro atoms. The summed E-state index contributed by atoms with van der Waals surface area (Å²) in [6.45, 7) is 2.92. The average Bonchev–Trinajstić information content (AvgIpc) is 3.59. The number of halogens is 1. The zero-order chi connectivity index (χ0) is 44.5. The SMILES string of the molecule is Cc1cc(S(C)(=O)=O)ncc1-c1ccc2c(c1)cc(-c1cncc(F)c1C)n2C(=O)N(C)CCN(C)C(=O)OCc1ccc(O[C@H]2C[C@@H](O)[C@H](O)[C@@H](C(=O)O)O2)c([N+](=O)[O-])c1. The van der Waals surface area contributed by atoms with Gasteiger partial charge in [0.25, 0.3) is 0 Å². The fourth-order valence-electron chi connectivity index (χ4n) is 6.65. The van der Waals surface area contributed by atoms with Gasteiger partial charge in [-0.1, -0.05) is 12.1 Å². The molecule has 2 amide bonds. The molecule has 0 bridgehead atoms. The Balaban J connectivity index is 1.15. The van der Waals surface area contributed by atoms with Gasteiger partial charge in [0.2, 0.25) is 6.29 Å². The zero-order valence-corrected chi connectivity index (χ0v) is 34.2. The molecule has 6 rings (SSSR count). The van der Waals surface area contributed by atoms with Crippen LogP contribution in [-0.2, 0) is 30.7 Å². The summed E-state index contributed by atoms with van der Waals surface area (Å²) in [5, 5.41) is 41.6. The summed E-state index contributed by atoms with van der Waals surface area (Å²) in [6.07, 6.45) is -2.63. The van der Waals surface area contributed by atoms with E-state index in [4.69, 9.17) is 14.2 Å². The number of carbonyl (C=O) groups excluding carboxylic acids is 2. The highest BCUT2D eigenvalue weighted by atomic mass is 32.2. The predicted octanol–water partition coefficient (Wildman–Crippen LogP) is 4.30. The maximum atomic E-state index is 14.8. The van der Waals surface area contributed by atoms with E-state index in [1.54, 1.807) is 32.0 Å². The van der Waals surface area contributed by atoms with Crippen LogP contribution in [0.1, 0.15) is 23.1 Å². The second-order valence-electron chi connectivity index (χ2n) is 14.5. The molecule has 4 heterocycles. The number of nitro benzene ring substituents is 1. The van der Waals surface area contributed by atoms with Crippen molar-refractivity contribution in [1.29, 1.82) is 0 Å². The maximum absolute atomic E-state index is 14.8. The van der Waals surface area contributed by atoms with Gasteiger partial charge < -0.3 is 39.3 Å². The molecule has 19 nitrogen and oxygen atoms in total. The number of ether oxygens (including phenoxy) is 3. The summed E-state index contributed by atoms with van der Waals surface area (Å²) < 4.78 is 56.4. The Morgan fingerprint density at radius 3 is 2.41 bits per heavy atom. The molecular formula is C40H41FN6O13S. The number of aliphatic carboxylic acids is 1. The molecule has 1 aliphatic rings. The fraction of sp³-hybridized carbons (Fsp3) is 0.325. The van der Waals surface area contributed by atoms with E-state index in [1.807, 2.05) is 6.07 Å². The number of nitrogens with zero attached hydrogens (tertiary/aromatic N) is 6. The molecule has 1 saturated heterocycles. The third kappa shape index (κ3) is 9.44. The van der Waals surface area contributed by atoms with E-state index in [9.17, 15) is 52.6 Å². The van der Waals surface area contributed by atoms with E-state index in [2.05, 4.69) is 9.97 Å². The maximum Gasteiger partial charge on any atom is 0.409 e. The summed E-state index contributed by atoms with van der Waals surface area (Å²) >= 11 is 0. The van der Waals surface area contributed by atoms with Crippen LogP contribution in [0, 0.1) is 29.8 Å². The molecule has 2 aromatic carbocycles. The van der Waals surface area contributed by atoms with Gasteiger partial charge in [-0.25, -0.2) is 32.2 Å². The molecule has 3 N–H and O–H groups in total. The van der Waals surface area contributed by atoms with Gasteiger partial charge in [0.15, 0.2) is 26.7 Å². The summed E-state index contributed by atoms with van der Waals surface area (Å²) in [5.41, 5.74) is 3.11. The normalized spacial score (nSPS) is 17.8. The number of likely N-dealkylation sites (N-methyl/N-ethyl adjacent to an activating group) is 2. The van der Waals surface area contributed by atoms with Crippen molar-refractivity contribution in [2.24, 2.45) is 0 Å². The molecule has 0 unspecified atom stereocenters. The van der Waals surface area contributed by atoms with Crippen molar-refractivity contribution in [1.82, 2.24) is 24.3 Å². The lowest BCUT2D eigenvalue weighted by molar-refractivity contribution is -0.386. The Hall–Kier alpha value is -6.55. The van der Waals surface area contributed by atoms with Gasteiger partial charge in [-0.2, -0.15) is 0 Å². The number of rotatable bonds is 12. The minimum absolute atomic E-state index is 0.00870. The van der Waals surface area contributed by atoms with Crippen LogP contribution in [0.5, 0.6) is 5.75 Å². The quantitative estimate of drug-likeness (QED) is 0.117. The number of benzene rings is 2. The summed E-state index contributed by atoms with van der Waals surface area (Å²) in [5.74, 6) is -2.46. The molecule has 5 aromatic rings. The van der Waals surface area contributed by atoms with Crippen LogP contribution in [0.3, 0.4) is 0 Å². The van der Waals surface area contributed by atoms with E-state index in [-0.39, 0.29) is 41.4 Å². The minimum Gasteiger partial charge on any atom is -0.479 e. The van der Waals surface area contributed by atoms with Gasteiger partial charge in [0, 0.05) is 74.8 Å². The molecule has 21 heteroatoms. The topological polar surface area (TPSA) is 254 Å². The van der Waals surface area contributed by atoms with E-state index < -0.39 is 75.6 Å². The lowest BCUT2D eigenvalue weighted by atomic mass is 10.0. The number of carboxylic acids is 1. The van der Waals surface area contributed by atoms with Crippen molar-refractivity contribution in [2.45, 2.75) is 56.5 Å². The third-order valence-electron chi connectivity index (χ3n) is 10.1. The first-order valence-corrected chi connectivity index (χ1v) is 20.4. The second kappa shape index (κ2) is 17.6. The van der Waals surface area contributed by atoms with Gasteiger partial charge in [-0.3, -0.25) is 19.7 Å². The number of nitro groups is 1. The highest BCUT2D eigenvalue weighted by molar-refractivity contribution is 7.90. The number of amides is 2. The van der Waals surface area contributed by atoms with Crippen LogP contribution in [0.25, 0.3) is 33.3 Å². The second-order valence-corrected chi connectivity index (χ2v) is 16.5. The number of sulfone groups is 1.